The second kappa shape index (κ2) is 4.59. The Kier molecular flexibility index (Phi) is 3.24. The summed E-state index contributed by atoms with van der Waals surface area (Å²) in [7, 11) is -3.69. The summed E-state index contributed by atoms with van der Waals surface area (Å²) in [6.07, 6.45) is 0. The van der Waals surface area contributed by atoms with E-state index in [1.54, 1.807) is 13.8 Å². The third-order valence-electron chi connectivity index (χ3n) is 2.90. The van der Waals surface area contributed by atoms with Gasteiger partial charge in [0, 0.05) is 0 Å². The van der Waals surface area contributed by atoms with Crippen LogP contribution < -0.4 is 0 Å². The van der Waals surface area contributed by atoms with Crippen LogP contribution in [-0.4, -0.2) is 18.6 Å². The average Bonchev–Trinajstić information content (AvgIpc) is 2.35. The highest BCUT2D eigenvalue weighted by molar-refractivity contribution is 7.91. The molecule has 0 saturated heterocycles. The van der Waals surface area contributed by atoms with Crippen LogP contribution >= 0.6 is 0 Å². The summed E-state index contributed by atoms with van der Waals surface area (Å²) in [6, 6.07) is 8.34. The topological polar surface area (TPSA) is 74.6 Å². The fourth-order valence-electron chi connectivity index (χ4n) is 1.86. The highest BCUT2D eigenvalue weighted by Gasteiger charge is 2.20. The average molecular weight is 278 g/mol. The summed E-state index contributed by atoms with van der Waals surface area (Å²) in [5.74, 6) is -0.0110. The molecule has 0 aliphatic rings. The first-order valence-electron chi connectivity index (χ1n) is 5.66. The molecule has 0 spiro atoms. The molecule has 0 aliphatic carbocycles. The van der Waals surface area contributed by atoms with Crippen LogP contribution in [-0.2, 0) is 9.84 Å². The Labute approximate surface area is 111 Å². The van der Waals surface area contributed by atoms with Crippen LogP contribution in [0, 0.1) is 13.8 Å². The van der Waals surface area contributed by atoms with Gasteiger partial charge in [-0.1, -0.05) is 6.07 Å². The number of phenols is 2. The summed E-state index contributed by atoms with van der Waals surface area (Å²) in [6.45, 7) is 3.29. The molecular weight excluding hydrogens is 264 g/mol. The maximum Gasteiger partial charge on any atom is 0.206 e. The molecule has 2 rings (SSSR count). The summed E-state index contributed by atoms with van der Waals surface area (Å²) in [4.78, 5) is 0.128. The van der Waals surface area contributed by atoms with Crippen molar-refractivity contribution in [1.29, 1.82) is 0 Å². The van der Waals surface area contributed by atoms with Crippen LogP contribution in [0.2, 0.25) is 0 Å². The maximum absolute atomic E-state index is 12.4. The van der Waals surface area contributed by atoms with Crippen molar-refractivity contribution in [3.05, 3.63) is 47.5 Å². The predicted octanol–water partition coefficient (Wildman–Crippen LogP) is 2.55. The third kappa shape index (κ3) is 2.42. The van der Waals surface area contributed by atoms with Crippen LogP contribution in [0.15, 0.2) is 46.2 Å². The van der Waals surface area contributed by atoms with Crippen LogP contribution in [0.3, 0.4) is 0 Å². The molecule has 0 saturated carbocycles. The number of aryl methyl sites for hydroxylation is 2. The fraction of sp³-hybridized carbons (Fsp3) is 0.143. The van der Waals surface area contributed by atoms with E-state index < -0.39 is 9.84 Å². The van der Waals surface area contributed by atoms with Gasteiger partial charge in [0.2, 0.25) is 9.84 Å². The molecule has 0 radical (unpaired) electrons. The molecule has 0 unspecified atom stereocenters. The van der Waals surface area contributed by atoms with Crippen LogP contribution in [0.4, 0.5) is 0 Å². The van der Waals surface area contributed by atoms with Crippen molar-refractivity contribution < 1.29 is 18.6 Å². The van der Waals surface area contributed by atoms with Gasteiger partial charge in [-0.15, -0.1) is 0 Å². The molecule has 0 heterocycles. The highest BCUT2D eigenvalue weighted by Crippen LogP contribution is 2.29. The zero-order valence-corrected chi connectivity index (χ0v) is 11.4. The SMILES string of the molecule is Cc1cc(S(=O)(=O)c2cccc(O)c2)cc(C)c1O. The van der Waals surface area contributed by atoms with Crippen molar-refractivity contribution >= 4 is 9.84 Å². The zero-order chi connectivity index (χ0) is 14.2. The van der Waals surface area contributed by atoms with Crippen molar-refractivity contribution in [1.82, 2.24) is 0 Å². The maximum atomic E-state index is 12.4. The lowest BCUT2D eigenvalue weighted by Gasteiger charge is -2.09. The zero-order valence-electron chi connectivity index (χ0n) is 10.6. The molecule has 2 aromatic carbocycles. The number of benzene rings is 2. The monoisotopic (exact) mass is 278 g/mol. The number of rotatable bonds is 2. The van der Waals surface area contributed by atoms with Crippen LogP contribution in [0.1, 0.15) is 11.1 Å². The van der Waals surface area contributed by atoms with E-state index in [4.69, 9.17) is 0 Å². The minimum Gasteiger partial charge on any atom is -0.508 e. The molecule has 5 heteroatoms. The Morgan fingerprint density at radius 2 is 1.47 bits per heavy atom. The molecule has 0 fully saturated rings. The fourth-order valence-corrected chi connectivity index (χ4v) is 3.33. The third-order valence-corrected chi connectivity index (χ3v) is 4.63. The van der Waals surface area contributed by atoms with Crippen molar-refractivity contribution in [3.63, 3.8) is 0 Å². The Morgan fingerprint density at radius 1 is 0.895 bits per heavy atom. The summed E-state index contributed by atoms with van der Waals surface area (Å²) in [5.41, 5.74) is 0.998. The van der Waals surface area contributed by atoms with E-state index in [1.165, 1.54) is 36.4 Å². The Bertz CT molecular complexity index is 710. The molecule has 0 aromatic heterocycles. The molecule has 19 heavy (non-hydrogen) atoms. The second-order valence-corrected chi connectivity index (χ2v) is 6.36. The van der Waals surface area contributed by atoms with Gasteiger partial charge >= 0.3 is 0 Å². The number of sulfone groups is 1. The Hall–Kier alpha value is -2.01. The Balaban J connectivity index is 2.64. The second-order valence-electron chi connectivity index (χ2n) is 4.41. The lowest BCUT2D eigenvalue weighted by atomic mass is 10.1. The Morgan fingerprint density at radius 3 is 2.00 bits per heavy atom. The van der Waals surface area contributed by atoms with Gasteiger partial charge in [-0.3, -0.25) is 0 Å². The number of aromatic hydroxyl groups is 2. The van der Waals surface area contributed by atoms with Gasteiger partial charge < -0.3 is 10.2 Å². The van der Waals surface area contributed by atoms with E-state index in [2.05, 4.69) is 0 Å². The van der Waals surface area contributed by atoms with Gasteiger partial charge in [-0.05, 0) is 55.3 Å². The first kappa shape index (κ1) is 13.4. The number of hydrogen-bond donors (Lipinski definition) is 2. The van der Waals surface area contributed by atoms with Crippen molar-refractivity contribution in [2.45, 2.75) is 23.6 Å². The van der Waals surface area contributed by atoms with Crippen molar-refractivity contribution in [2.24, 2.45) is 0 Å². The highest BCUT2D eigenvalue weighted by atomic mass is 32.2. The van der Waals surface area contributed by atoms with E-state index in [0.717, 1.165) is 0 Å². The smallest absolute Gasteiger partial charge is 0.206 e. The van der Waals surface area contributed by atoms with Crippen molar-refractivity contribution in [2.75, 3.05) is 0 Å². The number of phenolic OH excluding ortho intramolecular Hbond substituents is 2. The molecule has 0 atom stereocenters. The predicted molar refractivity (Wildman–Crippen MR) is 71.1 cm³/mol. The molecule has 0 aliphatic heterocycles. The van der Waals surface area contributed by atoms with Crippen LogP contribution in [0.25, 0.3) is 0 Å². The first-order valence-corrected chi connectivity index (χ1v) is 7.15. The summed E-state index contributed by atoms with van der Waals surface area (Å²) < 4.78 is 24.8. The van der Waals surface area contributed by atoms with E-state index in [9.17, 15) is 18.6 Å². The van der Waals surface area contributed by atoms with Gasteiger partial charge in [0.15, 0.2) is 0 Å². The normalized spacial score (nSPS) is 11.5. The lowest BCUT2D eigenvalue weighted by molar-refractivity contribution is 0.466. The van der Waals surface area contributed by atoms with E-state index in [-0.39, 0.29) is 21.3 Å². The van der Waals surface area contributed by atoms with Gasteiger partial charge in [0.1, 0.15) is 11.5 Å². The largest absolute Gasteiger partial charge is 0.508 e. The summed E-state index contributed by atoms with van der Waals surface area (Å²) in [5, 5.41) is 19.0. The van der Waals surface area contributed by atoms with Gasteiger partial charge in [0.05, 0.1) is 9.79 Å². The molecule has 4 nitrogen and oxygen atoms in total. The van der Waals surface area contributed by atoms with E-state index in [1.807, 2.05) is 0 Å². The molecule has 0 amide bonds. The quantitative estimate of drug-likeness (QED) is 0.885. The van der Waals surface area contributed by atoms with Crippen molar-refractivity contribution in [3.8, 4) is 11.5 Å². The number of hydrogen-bond acceptors (Lipinski definition) is 4. The molecule has 2 aromatic rings. The lowest BCUT2D eigenvalue weighted by Crippen LogP contribution is -2.03. The molecule has 100 valence electrons. The first-order chi connectivity index (χ1) is 8.82. The minimum atomic E-state index is -3.69. The van der Waals surface area contributed by atoms with Crippen LogP contribution in [0.5, 0.6) is 11.5 Å². The minimum absolute atomic E-state index is 0.0250. The van der Waals surface area contributed by atoms with Gasteiger partial charge in [-0.25, -0.2) is 8.42 Å². The van der Waals surface area contributed by atoms with E-state index in [0.29, 0.717) is 11.1 Å². The summed E-state index contributed by atoms with van der Waals surface area (Å²) >= 11 is 0. The van der Waals surface area contributed by atoms with E-state index >= 15 is 0 Å². The molecular formula is C14H14O4S. The molecule has 2 N–H and O–H groups in total. The van der Waals surface area contributed by atoms with Gasteiger partial charge in [-0.2, -0.15) is 0 Å². The molecule has 0 bridgehead atoms. The van der Waals surface area contributed by atoms with Gasteiger partial charge in [0.25, 0.3) is 0 Å². The standard InChI is InChI=1S/C14H14O4S/c1-9-6-13(7-10(2)14(9)16)19(17,18)12-5-3-4-11(15)8-12/h3-8,15-16H,1-2H3.